The van der Waals surface area contributed by atoms with Crippen LogP contribution in [0.1, 0.15) is 47.5 Å². The highest BCUT2D eigenvalue weighted by Gasteiger charge is 2.28. The molecule has 4 aromatic rings. The van der Waals surface area contributed by atoms with Crippen LogP contribution in [-0.4, -0.2) is 80.3 Å². The molecule has 1 saturated carbocycles. The zero-order valence-corrected chi connectivity index (χ0v) is 27.0. The van der Waals surface area contributed by atoms with E-state index in [0.717, 1.165) is 12.3 Å². The molecule has 0 spiro atoms. The lowest BCUT2D eigenvalue weighted by molar-refractivity contribution is 0.0706. The number of nitrogens with zero attached hydrogens (tertiary/aromatic N) is 4. The van der Waals surface area contributed by atoms with Crippen LogP contribution in [0.5, 0.6) is 11.6 Å². The molecule has 2 aromatic heterocycles. The maximum Gasteiger partial charge on any atom is 0.274 e. The first-order valence-corrected chi connectivity index (χ1v) is 17.2. The van der Waals surface area contributed by atoms with Gasteiger partial charge in [0.2, 0.25) is 21.9 Å². The van der Waals surface area contributed by atoms with Crippen LogP contribution < -0.4 is 24.6 Å². The predicted octanol–water partition coefficient (Wildman–Crippen LogP) is 4.41. The molecular weight excluding hydrogens is 650 g/mol. The highest BCUT2D eigenvalue weighted by Crippen LogP contribution is 2.40. The number of pyridine rings is 1. The topological polar surface area (TPSA) is 165 Å². The highest BCUT2D eigenvalue weighted by atomic mass is 32.2. The van der Waals surface area contributed by atoms with E-state index in [4.69, 9.17) is 29.4 Å². The van der Waals surface area contributed by atoms with Crippen molar-refractivity contribution in [2.45, 2.75) is 37.7 Å². The molecule has 1 aliphatic carbocycles. The van der Waals surface area contributed by atoms with Gasteiger partial charge in [-0.25, -0.2) is 37.6 Å². The zero-order chi connectivity index (χ0) is 34.0. The lowest BCUT2D eigenvalue weighted by Gasteiger charge is -2.30. The second kappa shape index (κ2) is 13.8. The number of hydrogen-bond acceptors (Lipinski definition) is 11. The number of morpholine rings is 1. The van der Waals surface area contributed by atoms with Gasteiger partial charge in [-0.2, -0.15) is 0 Å². The third kappa shape index (κ3) is 7.24. The van der Waals surface area contributed by atoms with Crippen molar-refractivity contribution in [2.75, 3.05) is 49.3 Å². The van der Waals surface area contributed by atoms with Gasteiger partial charge in [0.25, 0.3) is 5.91 Å². The molecule has 1 saturated heterocycles. The second-order valence-corrected chi connectivity index (χ2v) is 13.4. The fraction of sp³-hybridized carbons (Fsp3) is 0.375. The summed E-state index contributed by atoms with van der Waals surface area (Å²) in [6.45, 7) is 1.99. The minimum absolute atomic E-state index is 0.0138. The number of hydroxylamine groups is 1. The molecule has 0 atom stereocenters. The fourth-order valence-corrected chi connectivity index (χ4v) is 6.67. The van der Waals surface area contributed by atoms with E-state index in [0.29, 0.717) is 85.7 Å². The molecule has 0 unspecified atom stereocenters. The van der Waals surface area contributed by atoms with Gasteiger partial charge in [0.15, 0.2) is 0 Å². The Morgan fingerprint density at radius 1 is 1.06 bits per heavy atom. The number of halogens is 2. The fourth-order valence-electron chi connectivity index (χ4n) is 6.12. The molecule has 3 N–H and O–H groups in total. The van der Waals surface area contributed by atoms with Gasteiger partial charge < -0.3 is 19.1 Å². The molecule has 0 radical (unpaired) electrons. The van der Waals surface area contributed by atoms with Crippen molar-refractivity contribution in [3.05, 3.63) is 65.4 Å². The quantitative estimate of drug-likeness (QED) is 0.169. The molecule has 13 nitrogen and oxygen atoms in total. The molecule has 2 fully saturated rings. The summed E-state index contributed by atoms with van der Waals surface area (Å²) in [5.41, 5.74) is 3.15. The van der Waals surface area contributed by atoms with Gasteiger partial charge in [0, 0.05) is 41.9 Å². The molecule has 6 rings (SSSR count). The first-order valence-electron chi connectivity index (χ1n) is 15.3. The van der Waals surface area contributed by atoms with Gasteiger partial charge in [-0.3, -0.25) is 14.7 Å². The van der Waals surface area contributed by atoms with Crippen LogP contribution in [0.2, 0.25) is 0 Å². The van der Waals surface area contributed by atoms with Crippen LogP contribution >= 0.6 is 0 Å². The van der Waals surface area contributed by atoms with Crippen molar-refractivity contribution in [3.63, 3.8) is 0 Å². The number of sulfonamides is 1. The minimum Gasteiger partial charge on any atom is -0.488 e. The Balaban J connectivity index is 1.34. The largest absolute Gasteiger partial charge is 0.488 e. The van der Waals surface area contributed by atoms with Crippen LogP contribution in [0, 0.1) is 11.6 Å². The molecule has 2 aliphatic rings. The Hall–Kier alpha value is -4.67. The molecule has 3 heterocycles. The summed E-state index contributed by atoms with van der Waals surface area (Å²) in [7, 11) is -2.32. The summed E-state index contributed by atoms with van der Waals surface area (Å²) in [6, 6.07) is 8.23. The van der Waals surface area contributed by atoms with Gasteiger partial charge in [-0.1, -0.05) is 6.07 Å². The number of amides is 1. The van der Waals surface area contributed by atoms with E-state index in [2.05, 4.69) is 9.71 Å². The van der Waals surface area contributed by atoms with E-state index in [-0.39, 0.29) is 34.9 Å². The predicted molar refractivity (Wildman–Crippen MR) is 172 cm³/mol. The number of methoxy groups -OCH3 is 1. The van der Waals surface area contributed by atoms with E-state index in [1.165, 1.54) is 43.1 Å². The van der Waals surface area contributed by atoms with Crippen LogP contribution in [0.25, 0.3) is 22.2 Å². The molecule has 0 bridgehead atoms. The van der Waals surface area contributed by atoms with Gasteiger partial charge in [0.1, 0.15) is 28.6 Å². The van der Waals surface area contributed by atoms with Crippen LogP contribution in [-0.2, 0) is 14.8 Å². The van der Waals surface area contributed by atoms with Crippen molar-refractivity contribution >= 4 is 38.5 Å². The highest BCUT2D eigenvalue weighted by molar-refractivity contribution is 7.92. The van der Waals surface area contributed by atoms with Crippen LogP contribution in [0.3, 0.4) is 0 Å². The standard InChI is InChI=1S/C32H34F2N6O7S/c1-45-31-26(39-48(2,43)44)14-20(17-35-31)28-24-15-21(33)16-27(29(24)37-32(36-28)40-9-11-46-12-10-40)47-22-6-3-18(4-7-22)23-8-5-19(13-25(23)34)30(41)38-42/h5,8,13-18,22,39,42H,3-4,6-7,9-12H2,1-2H3,(H,38,41). The van der Waals surface area contributed by atoms with Crippen LogP contribution in [0.15, 0.2) is 42.6 Å². The molecular formula is C32H34F2N6O7S. The molecule has 254 valence electrons. The third-order valence-corrected chi connectivity index (χ3v) is 8.99. The Morgan fingerprint density at radius 3 is 2.48 bits per heavy atom. The summed E-state index contributed by atoms with van der Waals surface area (Å²) in [5.74, 6) is -1.39. The number of aromatic nitrogens is 3. The third-order valence-electron chi connectivity index (χ3n) is 8.40. The average Bonchev–Trinajstić information content (AvgIpc) is 3.07. The molecule has 16 heteroatoms. The van der Waals surface area contributed by atoms with E-state index in [9.17, 15) is 17.6 Å². The Morgan fingerprint density at radius 2 is 1.81 bits per heavy atom. The average molecular weight is 685 g/mol. The normalized spacial score (nSPS) is 18.4. The van der Waals surface area contributed by atoms with Crippen LogP contribution in [0.4, 0.5) is 20.4 Å². The first kappa shape index (κ1) is 33.2. The monoisotopic (exact) mass is 684 g/mol. The summed E-state index contributed by atoms with van der Waals surface area (Å²) in [4.78, 5) is 27.5. The second-order valence-electron chi connectivity index (χ2n) is 11.7. The van der Waals surface area contributed by atoms with Crippen molar-refractivity contribution < 1.29 is 41.4 Å². The Labute approximate surface area is 275 Å². The molecule has 48 heavy (non-hydrogen) atoms. The SMILES string of the molecule is COc1ncc(-c2nc(N3CCOCC3)nc3c(OC4CCC(c5ccc(C(=O)NO)cc5F)CC4)cc(F)cc23)cc1NS(C)(=O)=O. The number of nitrogens with one attached hydrogen (secondary N) is 2. The van der Waals surface area contributed by atoms with E-state index < -0.39 is 27.6 Å². The van der Waals surface area contributed by atoms with Crippen molar-refractivity contribution in [2.24, 2.45) is 0 Å². The Bertz CT molecular complexity index is 1950. The number of anilines is 2. The summed E-state index contributed by atoms with van der Waals surface area (Å²) in [5, 5.41) is 9.18. The summed E-state index contributed by atoms with van der Waals surface area (Å²) < 4.78 is 74.0. The number of carbonyl (C=O) groups excluding carboxylic acids is 1. The van der Waals surface area contributed by atoms with E-state index >= 15 is 4.39 Å². The van der Waals surface area contributed by atoms with Gasteiger partial charge in [0.05, 0.1) is 38.4 Å². The summed E-state index contributed by atoms with van der Waals surface area (Å²) >= 11 is 0. The van der Waals surface area contributed by atoms with Crippen molar-refractivity contribution in [3.8, 4) is 22.9 Å². The maximum atomic E-state index is 15.3. The minimum atomic E-state index is -3.69. The number of fused-ring (bicyclic) bond motifs is 1. The lowest BCUT2D eigenvalue weighted by Crippen LogP contribution is -2.37. The number of hydrogen-bond donors (Lipinski definition) is 3. The van der Waals surface area contributed by atoms with Gasteiger partial charge in [-0.05, 0) is 61.4 Å². The van der Waals surface area contributed by atoms with Gasteiger partial charge in [-0.15, -0.1) is 0 Å². The van der Waals surface area contributed by atoms with Crippen molar-refractivity contribution in [1.29, 1.82) is 0 Å². The van der Waals surface area contributed by atoms with Gasteiger partial charge >= 0.3 is 0 Å². The van der Waals surface area contributed by atoms with Crippen molar-refractivity contribution in [1.82, 2.24) is 20.4 Å². The maximum absolute atomic E-state index is 15.3. The summed E-state index contributed by atoms with van der Waals surface area (Å²) in [6.07, 6.45) is 4.45. The zero-order valence-electron chi connectivity index (χ0n) is 26.2. The number of carbonyl (C=O) groups is 1. The van der Waals surface area contributed by atoms with E-state index in [1.54, 1.807) is 6.07 Å². The smallest absolute Gasteiger partial charge is 0.274 e. The first-order chi connectivity index (χ1) is 23.0. The van der Waals surface area contributed by atoms with E-state index in [1.807, 2.05) is 4.90 Å². The number of rotatable bonds is 9. The number of ether oxygens (including phenoxy) is 3. The molecule has 2 aromatic carbocycles. The molecule has 1 aliphatic heterocycles. The Kier molecular flexibility index (Phi) is 9.57. The number of benzene rings is 2. The molecule has 1 amide bonds. The lowest BCUT2D eigenvalue weighted by atomic mass is 9.82.